The van der Waals surface area contributed by atoms with Crippen molar-refractivity contribution in [3.8, 4) is 11.5 Å². The van der Waals surface area contributed by atoms with Crippen LogP contribution in [-0.2, 0) is 16.8 Å². The van der Waals surface area contributed by atoms with Gasteiger partial charge >= 0.3 is 0 Å². The molecule has 0 saturated heterocycles. The molecule has 1 spiro atoms. The summed E-state index contributed by atoms with van der Waals surface area (Å²) in [6.45, 7) is -0.221. The van der Waals surface area contributed by atoms with Gasteiger partial charge in [-0.3, -0.25) is 4.79 Å². The molecule has 3 fully saturated rings. The van der Waals surface area contributed by atoms with Crippen LogP contribution < -0.4 is 14.8 Å². The van der Waals surface area contributed by atoms with Gasteiger partial charge in [0, 0.05) is 23.1 Å². The minimum Gasteiger partial charge on any atom is -0.484 e. The van der Waals surface area contributed by atoms with Crippen molar-refractivity contribution < 1.29 is 27.5 Å². The lowest BCUT2D eigenvalue weighted by atomic mass is 9.79. The highest BCUT2D eigenvalue weighted by molar-refractivity contribution is 6.31. The Kier molecular flexibility index (Phi) is 4.64. The molecule has 1 amide bonds. The molecule has 3 unspecified atom stereocenters. The van der Waals surface area contributed by atoms with E-state index in [4.69, 9.17) is 37.1 Å². The second kappa shape index (κ2) is 7.29. The molecule has 3 aliphatic carbocycles. The Hall–Kier alpha value is -2.91. The molecular weight excluding hydrogens is 491 g/mol. The van der Waals surface area contributed by atoms with Gasteiger partial charge in [-0.25, -0.2) is 8.78 Å². The lowest BCUT2D eigenvalue weighted by Crippen LogP contribution is -2.50. The zero-order valence-electron chi connectivity index (χ0n) is 17.5. The van der Waals surface area contributed by atoms with Crippen LogP contribution in [0.2, 0.25) is 10.0 Å². The summed E-state index contributed by atoms with van der Waals surface area (Å²) in [5.41, 5.74) is -0.575. The maximum absolute atomic E-state index is 13.5. The number of benzene rings is 2. The summed E-state index contributed by atoms with van der Waals surface area (Å²) in [5, 5.41) is 11.3. The highest BCUT2D eigenvalue weighted by atomic mass is 35.5. The molecule has 11 heteroatoms. The van der Waals surface area contributed by atoms with E-state index in [0.29, 0.717) is 18.1 Å². The van der Waals surface area contributed by atoms with Crippen LogP contribution in [0.25, 0.3) is 0 Å². The predicted octanol–water partition coefficient (Wildman–Crippen LogP) is 4.60. The first-order valence-corrected chi connectivity index (χ1v) is 11.3. The molecule has 3 aliphatic rings. The smallest absolute Gasteiger partial charge is 0.258 e. The Morgan fingerprint density at radius 2 is 1.68 bits per heavy atom. The summed E-state index contributed by atoms with van der Waals surface area (Å²) in [5.74, 6) is -0.101. The van der Waals surface area contributed by atoms with Crippen LogP contribution in [0.1, 0.15) is 31.0 Å². The average molecular weight is 508 g/mol. The minimum absolute atomic E-state index is 0.00165. The number of carbonyl (C=O) groups excluding carboxylic acids is 1. The van der Waals surface area contributed by atoms with Gasteiger partial charge in [0.05, 0.1) is 15.5 Å². The van der Waals surface area contributed by atoms with Crippen molar-refractivity contribution in [2.75, 3.05) is 6.61 Å². The molecule has 3 saturated carbocycles. The molecule has 6 rings (SSSR count). The average Bonchev–Trinajstić information content (AvgIpc) is 3.38. The number of nitrogens with zero attached hydrogens (tertiary/aromatic N) is 2. The lowest BCUT2D eigenvalue weighted by Gasteiger charge is -2.32. The van der Waals surface area contributed by atoms with Crippen LogP contribution in [0.15, 0.2) is 40.8 Å². The number of hydrogen-bond donors (Lipinski definition) is 1. The lowest BCUT2D eigenvalue weighted by molar-refractivity contribution is -0.124. The van der Waals surface area contributed by atoms with E-state index in [-0.39, 0.29) is 57.2 Å². The third-order valence-electron chi connectivity index (χ3n) is 7.16. The van der Waals surface area contributed by atoms with Gasteiger partial charge in [0.1, 0.15) is 23.1 Å². The maximum atomic E-state index is 13.5. The number of amides is 1. The molecule has 7 nitrogen and oxygen atoms in total. The number of carbonyl (C=O) groups is 1. The number of aromatic nitrogens is 2. The Morgan fingerprint density at radius 1 is 1.00 bits per heavy atom. The normalized spacial score (nSPS) is 27.8. The van der Waals surface area contributed by atoms with Crippen molar-refractivity contribution in [1.82, 2.24) is 15.5 Å². The fourth-order valence-electron chi connectivity index (χ4n) is 5.47. The van der Waals surface area contributed by atoms with Gasteiger partial charge < -0.3 is 19.2 Å². The monoisotopic (exact) mass is 507 g/mol. The van der Waals surface area contributed by atoms with E-state index < -0.39 is 11.6 Å². The number of nitrogens with one attached hydrogen (secondary N) is 1. The van der Waals surface area contributed by atoms with Gasteiger partial charge in [-0.1, -0.05) is 23.2 Å². The molecule has 3 aromatic rings. The zero-order chi connectivity index (χ0) is 23.7. The summed E-state index contributed by atoms with van der Waals surface area (Å²) in [4.78, 5) is 12.4. The molecule has 1 N–H and O–H groups in total. The van der Waals surface area contributed by atoms with Gasteiger partial charge in [0.25, 0.3) is 11.8 Å². The van der Waals surface area contributed by atoms with Gasteiger partial charge in [-0.05, 0) is 43.5 Å². The Labute approximate surface area is 202 Å². The van der Waals surface area contributed by atoms with Gasteiger partial charge in [-0.15, -0.1) is 10.2 Å². The summed E-state index contributed by atoms with van der Waals surface area (Å²) in [6.07, 6.45) is 2.39. The number of halogens is 4. The zero-order valence-corrected chi connectivity index (χ0v) is 19.1. The van der Waals surface area contributed by atoms with Crippen molar-refractivity contribution in [2.24, 2.45) is 5.41 Å². The van der Waals surface area contributed by atoms with Crippen LogP contribution in [0.5, 0.6) is 11.5 Å². The quantitative estimate of drug-likeness (QED) is 0.479. The highest BCUT2D eigenvalue weighted by Gasteiger charge is 2.99. The maximum Gasteiger partial charge on any atom is 0.258 e. The van der Waals surface area contributed by atoms with Crippen LogP contribution in [0.3, 0.4) is 0 Å². The van der Waals surface area contributed by atoms with E-state index in [1.165, 1.54) is 24.3 Å². The molecule has 2 aromatic carbocycles. The van der Waals surface area contributed by atoms with E-state index in [1.54, 1.807) is 6.07 Å². The second-order valence-electron chi connectivity index (χ2n) is 9.05. The second-order valence-corrected chi connectivity index (χ2v) is 9.87. The fourth-order valence-corrected chi connectivity index (χ4v) is 5.71. The highest BCUT2D eigenvalue weighted by Crippen LogP contribution is 2.95. The van der Waals surface area contributed by atoms with E-state index >= 15 is 0 Å². The van der Waals surface area contributed by atoms with Crippen LogP contribution >= 0.6 is 23.2 Å². The first kappa shape index (κ1) is 21.6. The van der Waals surface area contributed by atoms with E-state index in [9.17, 15) is 13.6 Å². The standard InChI is InChI=1S/C23H17Cl2F2N3O4/c24-14-3-1-12(5-16(14)26)32-7-18(31)28-23-10-21(9-22(21,23)11-23)20-30-29-19(34-20)8-33-13-2-4-15(25)17(27)6-13/h1-6H,7-11H2,(H,28,31). The predicted molar refractivity (Wildman–Crippen MR) is 116 cm³/mol. The minimum atomic E-state index is -0.606. The molecule has 1 aromatic heterocycles. The summed E-state index contributed by atoms with van der Waals surface area (Å²) in [6, 6.07) is 8.17. The summed E-state index contributed by atoms with van der Waals surface area (Å²) >= 11 is 11.3. The van der Waals surface area contributed by atoms with Gasteiger partial charge in [0.15, 0.2) is 13.2 Å². The Bertz CT molecular complexity index is 1340. The molecule has 0 aliphatic heterocycles. The third kappa shape index (κ3) is 3.17. The molecule has 176 valence electrons. The molecule has 1 heterocycles. The molecule has 34 heavy (non-hydrogen) atoms. The van der Waals surface area contributed by atoms with E-state index in [1.807, 2.05) is 0 Å². The van der Waals surface area contributed by atoms with Crippen LogP contribution in [-0.4, -0.2) is 28.3 Å². The first-order chi connectivity index (χ1) is 16.3. The van der Waals surface area contributed by atoms with Crippen molar-refractivity contribution in [3.63, 3.8) is 0 Å². The first-order valence-electron chi connectivity index (χ1n) is 10.6. The van der Waals surface area contributed by atoms with Crippen molar-refractivity contribution in [3.05, 3.63) is 69.9 Å². The molecule has 0 bridgehead atoms. The largest absolute Gasteiger partial charge is 0.484 e. The van der Waals surface area contributed by atoms with E-state index in [0.717, 1.165) is 18.9 Å². The van der Waals surface area contributed by atoms with Gasteiger partial charge in [0.2, 0.25) is 5.89 Å². The Morgan fingerprint density at radius 3 is 2.32 bits per heavy atom. The van der Waals surface area contributed by atoms with Crippen LogP contribution in [0, 0.1) is 17.0 Å². The van der Waals surface area contributed by atoms with Crippen molar-refractivity contribution in [2.45, 2.75) is 36.8 Å². The fraction of sp³-hybridized carbons (Fsp3) is 0.348. The van der Waals surface area contributed by atoms with Crippen LogP contribution in [0.4, 0.5) is 8.78 Å². The van der Waals surface area contributed by atoms with Crippen molar-refractivity contribution in [1.29, 1.82) is 0 Å². The molecular formula is C23H17Cl2F2N3O4. The number of ether oxygens (including phenoxy) is 2. The molecule has 0 radical (unpaired) electrons. The van der Waals surface area contributed by atoms with Gasteiger partial charge in [-0.2, -0.15) is 0 Å². The summed E-state index contributed by atoms with van der Waals surface area (Å²) in [7, 11) is 0. The van der Waals surface area contributed by atoms with E-state index in [2.05, 4.69) is 15.5 Å². The SMILES string of the molecule is O=C(COc1ccc(Cl)c(F)c1)NC12CC3(c4nnc(COc5ccc(Cl)c(F)c5)o4)CC13C2. The van der Waals surface area contributed by atoms with Crippen molar-refractivity contribution >= 4 is 29.1 Å². The number of hydrogen-bond acceptors (Lipinski definition) is 6. The third-order valence-corrected chi connectivity index (χ3v) is 7.78. The Balaban J connectivity index is 1.03. The molecule has 3 atom stereocenters. The summed E-state index contributed by atoms with van der Waals surface area (Å²) < 4.78 is 43.8. The topological polar surface area (TPSA) is 86.5 Å². The number of rotatable bonds is 8.